The molecule has 8 heteroatoms. The fourth-order valence-corrected chi connectivity index (χ4v) is 1.69. The van der Waals surface area contributed by atoms with Crippen molar-refractivity contribution >= 4 is 29.0 Å². The highest BCUT2D eigenvalue weighted by Crippen LogP contribution is 2.37. The third-order valence-electron chi connectivity index (χ3n) is 2.21. The predicted molar refractivity (Wildman–Crippen MR) is 72.9 cm³/mol. The van der Waals surface area contributed by atoms with Crippen LogP contribution in [0.2, 0.25) is 10.0 Å². The summed E-state index contributed by atoms with van der Waals surface area (Å²) in [4.78, 5) is 7.87. The summed E-state index contributed by atoms with van der Waals surface area (Å²) in [6.07, 6.45) is 1.28. The number of methoxy groups -OCH3 is 1. The maximum absolute atomic E-state index is 6.01. The normalized spacial score (nSPS) is 10.1. The molecule has 3 N–H and O–H groups in total. The lowest BCUT2D eigenvalue weighted by atomic mass is 10.3. The highest BCUT2D eigenvalue weighted by atomic mass is 35.5. The summed E-state index contributed by atoms with van der Waals surface area (Å²) < 4.78 is 10.7. The van der Waals surface area contributed by atoms with E-state index >= 15 is 0 Å². The minimum Gasteiger partial charge on any atom is -0.489 e. The van der Waals surface area contributed by atoms with Crippen LogP contribution in [0.15, 0.2) is 24.5 Å². The van der Waals surface area contributed by atoms with Gasteiger partial charge in [-0.3, -0.25) is 0 Å². The predicted octanol–water partition coefficient (Wildman–Crippen LogP) is 2.87. The van der Waals surface area contributed by atoms with E-state index in [1.165, 1.54) is 13.4 Å². The minimum absolute atomic E-state index is 0.176. The van der Waals surface area contributed by atoms with Crippen molar-refractivity contribution in [2.45, 2.75) is 0 Å². The molecule has 2 aromatic rings. The van der Waals surface area contributed by atoms with E-state index in [-0.39, 0.29) is 11.6 Å². The fourth-order valence-electron chi connectivity index (χ4n) is 1.38. The van der Waals surface area contributed by atoms with Crippen molar-refractivity contribution in [2.24, 2.45) is 5.84 Å². The molecule has 0 amide bonds. The lowest BCUT2D eigenvalue weighted by Gasteiger charge is -2.12. The number of nitrogens with zero attached hydrogens (tertiary/aromatic N) is 2. The van der Waals surface area contributed by atoms with Crippen molar-refractivity contribution in [2.75, 3.05) is 12.5 Å². The van der Waals surface area contributed by atoms with Crippen molar-refractivity contribution in [3.63, 3.8) is 0 Å². The van der Waals surface area contributed by atoms with Crippen LogP contribution in [0.5, 0.6) is 17.4 Å². The molecule has 0 atom stereocenters. The standard InChI is InChI=1S/C11H10Cl2N4O2/c1-18-9-10(17-14)15-5-16-11(9)19-8-4-6(12)2-3-7(8)13/h2-5H,14H2,1H3,(H,15,16,17). The van der Waals surface area contributed by atoms with Gasteiger partial charge in [0.2, 0.25) is 5.75 Å². The van der Waals surface area contributed by atoms with E-state index in [2.05, 4.69) is 15.4 Å². The number of anilines is 1. The van der Waals surface area contributed by atoms with Crippen molar-refractivity contribution < 1.29 is 9.47 Å². The average Bonchev–Trinajstić information content (AvgIpc) is 2.42. The molecule has 0 radical (unpaired) electrons. The minimum atomic E-state index is 0.176. The van der Waals surface area contributed by atoms with Gasteiger partial charge in [-0.1, -0.05) is 23.2 Å². The van der Waals surface area contributed by atoms with E-state index in [0.717, 1.165) is 0 Å². The molecule has 1 aromatic heterocycles. The van der Waals surface area contributed by atoms with Crippen molar-refractivity contribution in [1.82, 2.24) is 9.97 Å². The summed E-state index contributed by atoms with van der Waals surface area (Å²) in [6, 6.07) is 4.84. The van der Waals surface area contributed by atoms with Crippen LogP contribution in [-0.2, 0) is 0 Å². The van der Waals surface area contributed by atoms with Crippen LogP contribution in [-0.4, -0.2) is 17.1 Å². The van der Waals surface area contributed by atoms with Crippen LogP contribution in [0.25, 0.3) is 0 Å². The Bertz CT molecular complexity index is 595. The Labute approximate surface area is 119 Å². The van der Waals surface area contributed by atoms with Crippen LogP contribution in [0.1, 0.15) is 0 Å². The molecule has 0 fully saturated rings. The van der Waals surface area contributed by atoms with Gasteiger partial charge in [0.05, 0.1) is 12.1 Å². The van der Waals surface area contributed by atoms with Gasteiger partial charge in [-0.05, 0) is 12.1 Å². The van der Waals surface area contributed by atoms with Crippen LogP contribution in [0, 0.1) is 0 Å². The molecule has 1 heterocycles. The molecule has 0 saturated heterocycles. The van der Waals surface area contributed by atoms with Gasteiger partial charge in [-0.25, -0.2) is 10.8 Å². The first-order valence-corrected chi connectivity index (χ1v) is 5.89. The zero-order valence-corrected chi connectivity index (χ0v) is 11.4. The number of nitrogens with two attached hydrogens (primary N) is 1. The summed E-state index contributed by atoms with van der Waals surface area (Å²) in [6.45, 7) is 0. The van der Waals surface area contributed by atoms with Crippen molar-refractivity contribution in [3.05, 3.63) is 34.6 Å². The summed E-state index contributed by atoms with van der Waals surface area (Å²) >= 11 is 11.9. The third kappa shape index (κ3) is 2.98. The number of benzene rings is 1. The lowest BCUT2D eigenvalue weighted by Crippen LogP contribution is -2.11. The molecule has 0 aliphatic carbocycles. The molecule has 6 nitrogen and oxygen atoms in total. The monoisotopic (exact) mass is 300 g/mol. The molecule has 0 aliphatic heterocycles. The van der Waals surface area contributed by atoms with Gasteiger partial charge in [-0.15, -0.1) is 0 Å². The SMILES string of the molecule is COc1c(NN)ncnc1Oc1cc(Cl)ccc1Cl. The van der Waals surface area contributed by atoms with Gasteiger partial charge in [0.1, 0.15) is 12.1 Å². The number of ether oxygens (including phenoxy) is 2. The van der Waals surface area contributed by atoms with Crippen LogP contribution >= 0.6 is 23.2 Å². The Hall–Kier alpha value is -1.76. The first kappa shape index (κ1) is 13.7. The molecular formula is C11H10Cl2N4O2. The zero-order chi connectivity index (χ0) is 13.8. The molecule has 0 unspecified atom stereocenters. The van der Waals surface area contributed by atoms with Crippen LogP contribution in [0.4, 0.5) is 5.82 Å². The largest absolute Gasteiger partial charge is 0.489 e. The van der Waals surface area contributed by atoms with E-state index in [9.17, 15) is 0 Å². The molecule has 0 spiro atoms. The topological polar surface area (TPSA) is 82.3 Å². The molecule has 100 valence electrons. The number of rotatable bonds is 4. The molecule has 2 rings (SSSR count). The van der Waals surface area contributed by atoms with Crippen LogP contribution in [0.3, 0.4) is 0 Å². The van der Waals surface area contributed by atoms with E-state index < -0.39 is 0 Å². The van der Waals surface area contributed by atoms with Gasteiger partial charge < -0.3 is 14.9 Å². The third-order valence-corrected chi connectivity index (χ3v) is 2.76. The summed E-state index contributed by atoms with van der Waals surface area (Å²) in [5, 5.41) is 0.886. The van der Waals surface area contributed by atoms with E-state index in [1.54, 1.807) is 18.2 Å². The first-order chi connectivity index (χ1) is 9.15. The van der Waals surface area contributed by atoms with Gasteiger partial charge in [0.15, 0.2) is 5.82 Å². The second-order valence-corrected chi connectivity index (χ2v) is 4.23. The van der Waals surface area contributed by atoms with E-state index in [4.69, 9.17) is 38.5 Å². The number of aromatic nitrogens is 2. The molecule has 19 heavy (non-hydrogen) atoms. The van der Waals surface area contributed by atoms with E-state index in [1.807, 2.05) is 0 Å². The quantitative estimate of drug-likeness (QED) is 0.667. The summed E-state index contributed by atoms with van der Waals surface area (Å²) in [5.41, 5.74) is 2.38. The number of hydrazine groups is 1. The second-order valence-electron chi connectivity index (χ2n) is 3.38. The first-order valence-electron chi connectivity index (χ1n) is 5.14. The Morgan fingerprint density at radius 1 is 1.26 bits per heavy atom. The Morgan fingerprint density at radius 3 is 2.74 bits per heavy atom. The summed E-state index contributed by atoms with van der Waals surface area (Å²) in [7, 11) is 1.45. The smallest absolute Gasteiger partial charge is 0.268 e. The Balaban J connectivity index is 2.40. The Kier molecular flexibility index (Phi) is 4.26. The number of hydrogen-bond acceptors (Lipinski definition) is 6. The average molecular weight is 301 g/mol. The van der Waals surface area contributed by atoms with E-state index in [0.29, 0.717) is 21.6 Å². The maximum Gasteiger partial charge on any atom is 0.268 e. The van der Waals surface area contributed by atoms with Gasteiger partial charge in [0.25, 0.3) is 5.88 Å². The van der Waals surface area contributed by atoms with Crippen molar-refractivity contribution in [1.29, 1.82) is 0 Å². The lowest BCUT2D eigenvalue weighted by molar-refractivity contribution is 0.369. The fraction of sp³-hybridized carbons (Fsp3) is 0.0909. The highest BCUT2D eigenvalue weighted by Gasteiger charge is 2.15. The number of nitrogen functional groups attached to an aromatic ring is 1. The number of nitrogens with one attached hydrogen (secondary N) is 1. The second kappa shape index (κ2) is 5.92. The van der Waals surface area contributed by atoms with Crippen LogP contribution < -0.4 is 20.7 Å². The molecule has 0 aliphatic rings. The van der Waals surface area contributed by atoms with Gasteiger partial charge >= 0.3 is 0 Å². The molecule has 1 aromatic carbocycles. The van der Waals surface area contributed by atoms with Crippen molar-refractivity contribution in [3.8, 4) is 17.4 Å². The summed E-state index contributed by atoms with van der Waals surface area (Å²) in [5.74, 6) is 6.41. The van der Waals surface area contributed by atoms with Gasteiger partial charge in [0, 0.05) is 11.1 Å². The van der Waals surface area contributed by atoms with Gasteiger partial charge in [-0.2, -0.15) is 4.98 Å². The maximum atomic E-state index is 6.01. The number of halogens is 2. The molecule has 0 bridgehead atoms. The Morgan fingerprint density at radius 2 is 2.05 bits per heavy atom. The number of hydrogen-bond donors (Lipinski definition) is 2. The molecular weight excluding hydrogens is 291 g/mol. The molecule has 0 saturated carbocycles. The zero-order valence-electron chi connectivity index (χ0n) is 9.85. The highest BCUT2D eigenvalue weighted by molar-refractivity contribution is 6.34.